The Morgan fingerprint density at radius 1 is 1.11 bits per heavy atom. The lowest BCUT2D eigenvalue weighted by atomic mass is 9.85. The minimum absolute atomic E-state index is 0.159. The molecule has 0 aliphatic heterocycles. The van der Waals surface area contributed by atoms with Crippen LogP contribution >= 0.6 is 0 Å². The predicted octanol–water partition coefficient (Wildman–Crippen LogP) is 2.21. The summed E-state index contributed by atoms with van der Waals surface area (Å²) in [6.07, 6.45) is 8.75. The Bertz CT molecular complexity index is 319. The van der Waals surface area contributed by atoms with Gasteiger partial charge >= 0.3 is 0 Å². The van der Waals surface area contributed by atoms with Crippen LogP contribution in [-0.4, -0.2) is 30.4 Å². The third kappa shape index (κ3) is 4.30. The quantitative estimate of drug-likeness (QED) is 0.751. The number of ether oxygens (including phenoxy) is 1. The normalized spacial score (nSPS) is 22.6. The monoisotopic (exact) mass is 267 g/mol. The van der Waals surface area contributed by atoms with Gasteiger partial charge in [0.2, 0.25) is 5.78 Å². The molecule has 1 unspecified atom stereocenters. The highest BCUT2D eigenvalue weighted by molar-refractivity contribution is 6.37. The molecule has 19 heavy (non-hydrogen) atoms. The number of ketones is 1. The zero-order valence-electron chi connectivity index (χ0n) is 11.8. The van der Waals surface area contributed by atoms with Crippen LogP contribution in [0.2, 0.25) is 0 Å². The van der Waals surface area contributed by atoms with E-state index in [1.807, 2.05) is 0 Å². The molecule has 2 aliphatic rings. The maximum atomic E-state index is 11.9. The molecule has 0 radical (unpaired) electrons. The van der Waals surface area contributed by atoms with Crippen molar-refractivity contribution in [3.63, 3.8) is 0 Å². The fourth-order valence-corrected chi connectivity index (χ4v) is 2.76. The Kier molecular flexibility index (Phi) is 5.37. The van der Waals surface area contributed by atoms with Crippen molar-refractivity contribution in [1.82, 2.24) is 5.32 Å². The number of nitrogens with one attached hydrogen (secondary N) is 1. The molecule has 0 aromatic heterocycles. The van der Waals surface area contributed by atoms with E-state index in [0.29, 0.717) is 12.5 Å². The SMILES string of the molecule is CC(OC1CCCCC1)C(=O)C(=O)NCC1CCC1. The number of rotatable bonds is 6. The van der Waals surface area contributed by atoms with Crippen LogP contribution in [0.4, 0.5) is 0 Å². The number of Topliss-reactive ketones (excluding diaryl/α,β-unsaturated/α-hetero) is 1. The summed E-state index contributed by atoms with van der Waals surface area (Å²) in [5.74, 6) is -0.327. The molecule has 0 spiro atoms. The Balaban J connectivity index is 1.68. The molecule has 0 bridgehead atoms. The Morgan fingerprint density at radius 2 is 1.79 bits per heavy atom. The summed E-state index contributed by atoms with van der Waals surface area (Å²) < 4.78 is 5.71. The number of hydrogen-bond acceptors (Lipinski definition) is 3. The van der Waals surface area contributed by atoms with Gasteiger partial charge in [0.25, 0.3) is 5.91 Å². The first-order valence-electron chi connectivity index (χ1n) is 7.64. The highest BCUT2D eigenvalue weighted by Gasteiger charge is 2.27. The van der Waals surface area contributed by atoms with Gasteiger partial charge in [-0.25, -0.2) is 0 Å². The first-order valence-corrected chi connectivity index (χ1v) is 7.64. The lowest BCUT2D eigenvalue weighted by molar-refractivity contribution is -0.147. The van der Waals surface area contributed by atoms with Crippen molar-refractivity contribution in [1.29, 1.82) is 0 Å². The van der Waals surface area contributed by atoms with Crippen molar-refractivity contribution >= 4 is 11.7 Å². The van der Waals surface area contributed by atoms with Crippen LogP contribution in [0.1, 0.15) is 58.3 Å². The summed E-state index contributed by atoms with van der Waals surface area (Å²) in [6.45, 7) is 2.33. The summed E-state index contributed by atoms with van der Waals surface area (Å²) in [5.41, 5.74) is 0. The van der Waals surface area contributed by atoms with Gasteiger partial charge in [-0.15, -0.1) is 0 Å². The zero-order valence-corrected chi connectivity index (χ0v) is 11.8. The summed E-state index contributed by atoms with van der Waals surface area (Å²) in [5, 5.41) is 2.73. The van der Waals surface area contributed by atoms with E-state index in [-0.39, 0.29) is 6.10 Å². The molecular formula is C15H25NO3. The molecule has 1 atom stereocenters. The van der Waals surface area contributed by atoms with Crippen molar-refractivity contribution in [2.24, 2.45) is 5.92 Å². The molecule has 0 heterocycles. The fourth-order valence-electron chi connectivity index (χ4n) is 2.76. The van der Waals surface area contributed by atoms with Crippen molar-refractivity contribution in [3.05, 3.63) is 0 Å². The van der Waals surface area contributed by atoms with Crippen molar-refractivity contribution < 1.29 is 14.3 Å². The van der Waals surface area contributed by atoms with Gasteiger partial charge in [-0.2, -0.15) is 0 Å². The van der Waals surface area contributed by atoms with Crippen molar-refractivity contribution in [2.75, 3.05) is 6.54 Å². The molecule has 0 aromatic carbocycles. The van der Waals surface area contributed by atoms with Gasteiger partial charge in [-0.05, 0) is 38.5 Å². The second kappa shape index (κ2) is 7.04. The number of amides is 1. The smallest absolute Gasteiger partial charge is 0.290 e. The third-order valence-corrected chi connectivity index (χ3v) is 4.32. The number of carbonyl (C=O) groups excluding carboxylic acids is 2. The van der Waals surface area contributed by atoms with Crippen molar-refractivity contribution in [2.45, 2.75) is 70.5 Å². The first-order chi connectivity index (χ1) is 9.16. The van der Waals surface area contributed by atoms with E-state index in [2.05, 4.69) is 5.32 Å². The van der Waals surface area contributed by atoms with Crippen LogP contribution in [-0.2, 0) is 14.3 Å². The molecule has 108 valence electrons. The minimum Gasteiger partial charge on any atom is -0.367 e. The molecule has 4 heteroatoms. The van der Waals surface area contributed by atoms with Gasteiger partial charge < -0.3 is 10.1 Å². The summed E-state index contributed by atoms with van der Waals surface area (Å²) >= 11 is 0. The highest BCUT2D eigenvalue weighted by Crippen LogP contribution is 2.25. The summed E-state index contributed by atoms with van der Waals surface area (Å²) in [7, 11) is 0. The maximum absolute atomic E-state index is 11.9. The Hall–Kier alpha value is -0.900. The Morgan fingerprint density at radius 3 is 2.37 bits per heavy atom. The summed E-state index contributed by atoms with van der Waals surface area (Å²) in [6, 6.07) is 0. The minimum atomic E-state index is -0.607. The molecule has 1 amide bonds. The molecule has 2 rings (SSSR count). The van der Waals surface area contributed by atoms with Crippen LogP contribution in [0.5, 0.6) is 0 Å². The van der Waals surface area contributed by atoms with Crippen LogP contribution in [0.25, 0.3) is 0 Å². The van der Waals surface area contributed by atoms with E-state index in [4.69, 9.17) is 4.74 Å². The van der Waals surface area contributed by atoms with Gasteiger partial charge in [0.15, 0.2) is 0 Å². The summed E-state index contributed by atoms with van der Waals surface area (Å²) in [4.78, 5) is 23.6. The van der Waals surface area contributed by atoms with Gasteiger partial charge in [0.1, 0.15) is 6.10 Å². The predicted molar refractivity (Wildman–Crippen MR) is 72.8 cm³/mol. The van der Waals surface area contributed by atoms with E-state index in [1.165, 1.54) is 38.5 Å². The van der Waals surface area contributed by atoms with Crippen LogP contribution in [0.15, 0.2) is 0 Å². The average molecular weight is 267 g/mol. The number of carbonyl (C=O) groups is 2. The standard InChI is InChI=1S/C15H25NO3/c1-11(19-13-8-3-2-4-9-13)14(17)15(18)16-10-12-6-5-7-12/h11-13H,2-10H2,1H3,(H,16,18). The van der Waals surface area contributed by atoms with Gasteiger partial charge in [-0.1, -0.05) is 25.7 Å². The molecule has 0 aromatic rings. The molecule has 1 N–H and O–H groups in total. The molecule has 0 saturated heterocycles. The maximum Gasteiger partial charge on any atom is 0.290 e. The topological polar surface area (TPSA) is 55.4 Å². The van der Waals surface area contributed by atoms with E-state index in [0.717, 1.165) is 12.8 Å². The second-order valence-electron chi connectivity index (χ2n) is 5.91. The van der Waals surface area contributed by atoms with E-state index < -0.39 is 17.8 Å². The molecule has 2 fully saturated rings. The van der Waals surface area contributed by atoms with Gasteiger partial charge in [0.05, 0.1) is 6.10 Å². The Labute approximate surface area is 115 Å². The van der Waals surface area contributed by atoms with E-state index >= 15 is 0 Å². The zero-order chi connectivity index (χ0) is 13.7. The van der Waals surface area contributed by atoms with Crippen LogP contribution in [0.3, 0.4) is 0 Å². The molecule has 4 nitrogen and oxygen atoms in total. The third-order valence-electron chi connectivity index (χ3n) is 4.32. The van der Waals surface area contributed by atoms with Crippen molar-refractivity contribution in [3.8, 4) is 0 Å². The van der Waals surface area contributed by atoms with Gasteiger partial charge in [-0.3, -0.25) is 9.59 Å². The molecule has 2 aliphatic carbocycles. The molecule has 2 saturated carbocycles. The molecular weight excluding hydrogens is 242 g/mol. The van der Waals surface area contributed by atoms with E-state index in [1.54, 1.807) is 6.92 Å². The first kappa shape index (κ1) is 14.5. The fraction of sp³-hybridized carbons (Fsp3) is 0.867. The number of hydrogen-bond donors (Lipinski definition) is 1. The second-order valence-corrected chi connectivity index (χ2v) is 5.91. The highest BCUT2D eigenvalue weighted by atomic mass is 16.5. The van der Waals surface area contributed by atoms with Crippen LogP contribution in [0, 0.1) is 5.92 Å². The lowest BCUT2D eigenvalue weighted by Crippen LogP contribution is -2.42. The van der Waals surface area contributed by atoms with Crippen LogP contribution < -0.4 is 5.32 Å². The van der Waals surface area contributed by atoms with Gasteiger partial charge in [0, 0.05) is 6.54 Å². The average Bonchev–Trinajstić information content (AvgIpc) is 2.37. The lowest BCUT2D eigenvalue weighted by Gasteiger charge is -2.26. The van der Waals surface area contributed by atoms with E-state index in [9.17, 15) is 9.59 Å². The largest absolute Gasteiger partial charge is 0.367 e.